The van der Waals surface area contributed by atoms with Crippen molar-refractivity contribution in [2.45, 2.75) is 19.6 Å². The quantitative estimate of drug-likeness (QED) is 0.0654. The summed E-state index contributed by atoms with van der Waals surface area (Å²) in [6.07, 6.45) is 1.85. The number of benzene rings is 9. The molecule has 0 saturated carbocycles. The Morgan fingerprint density at radius 1 is 0.541 bits per heavy atom. The predicted molar refractivity (Wildman–Crippen MR) is 380 cm³/mol. The number of amidine groups is 1. The fraction of sp³-hybridized carbons (Fsp3) is 0.0476. The molecule has 1 amide bonds. The topological polar surface area (TPSA) is 224 Å². The van der Waals surface area contributed by atoms with Crippen LogP contribution in [0.4, 0.5) is 22.7 Å². The van der Waals surface area contributed by atoms with Gasteiger partial charge in [-0.25, -0.2) is 9.97 Å². The molecule has 10 aromatic rings. The van der Waals surface area contributed by atoms with Crippen molar-refractivity contribution in [2.24, 2.45) is 10.7 Å². The van der Waals surface area contributed by atoms with E-state index in [4.69, 9.17) is 39.8 Å². The van der Waals surface area contributed by atoms with Gasteiger partial charge in [-0.05, 0) is 192 Å². The molecule has 0 spiro atoms. The molecule has 1 aliphatic rings. The number of nitrogens with one attached hydrogen (secondary N) is 2. The van der Waals surface area contributed by atoms with Crippen molar-refractivity contribution in [2.75, 3.05) is 22.5 Å². The highest BCUT2D eigenvalue weighted by Gasteiger charge is 2.14. The molecule has 85 heavy (non-hydrogen) atoms. The van der Waals surface area contributed by atoms with E-state index in [0.29, 0.717) is 47.7 Å². The summed E-state index contributed by atoms with van der Waals surface area (Å²) in [4.78, 5) is 36.0. The molecule has 1 aromatic heterocycles. The van der Waals surface area contributed by atoms with Crippen LogP contribution in [-0.4, -0.2) is 27.0 Å². The number of carbonyl (C=O) groups excluding carboxylic acids is 2. The lowest BCUT2D eigenvalue weighted by Crippen LogP contribution is -2.23. The van der Waals surface area contributed by atoms with Gasteiger partial charge in [-0.2, -0.15) is 5.26 Å². The zero-order valence-corrected chi connectivity index (χ0v) is 59.3. The number of nitrogen functional groups attached to an aromatic ring is 3. The average Bonchev–Trinajstić information content (AvgIpc) is 3.20. The van der Waals surface area contributed by atoms with Crippen LogP contribution < -0.4 is 33.6 Å². The number of hydrogen-bond acceptors (Lipinski definition) is 11. The van der Waals surface area contributed by atoms with Crippen LogP contribution in [0.25, 0.3) is 22.3 Å². The lowest BCUT2D eigenvalue weighted by Gasteiger charge is -2.18. The smallest absolute Gasteiger partial charge is 0.252 e. The number of nitriles is 1. The van der Waals surface area contributed by atoms with Crippen molar-refractivity contribution >= 4 is 206 Å². The first kappa shape index (κ1) is 68.5. The average molecular weight is 1730 g/mol. The molecule has 432 valence electrons. The highest BCUT2D eigenvalue weighted by Crippen LogP contribution is 2.28. The summed E-state index contributed by atoms with van der Waals surface area (Å²) in [5, 5.41) is 15.3. The van der Waals surface area contributed by atoms with Crippen molar-refractivity contribution in [3.63, 3.8) is 0 Å². The summed E-state index contributed by atoms with van der Waals surface area (Å²) in [6.45, 7) is 1.61. The van der Waals surface area contributed by atoms with Crippen LogP contribution in [0.5, 0.6) is 0 Å². The van der Waals surface area contributed by atoms with Crippen molar-refractivity contribution in [3.05, 3.63) is 273 Å². The Morgan fingerprint density at radius 3 is 1.54 bits per heavy atom. The largest absolute Gasteiger partial charge is 0.398 e. The summed E-state index contributed by atoms with van der Waals surface area (Å²) >= 11 is 35.5. The van der Waals surface area contributed by atoms with E-state index in [0.717, 1.165) is 96.4 Å². The van der Waals surface area contributed by atoms with Gasteiger partial charge in [-0.3, -0.25) is 14.6 Å². The van der Waals surface area contributed by atoms with Crippen LogP contribution in [0.15, 0.2) is 240 Å². The number of hydrogen-bond donors (Lipinski definition) is 6. The first-order valence-electron chi connectivity index (χ1n) is 24.9. The van der Waals surface area contributed by atoms with Crippen LogP contribution in [0.1, 0.15) is 48.5 Å². The van der Waals surface area contributed by atoms with Gasteiger partial charge >= 0.3 is 0 Å². The fourth-order valence-electron chi connectivity index (χ4n) is 7.22. The SMILES string of the molecule is Brc1ccc(-c2ncc3cc(Br)ccc3n2)cc1.Brc1ccc(C2=NCc3cc(Br)ccc3N2)cc1.N#Cc1cc(Br)ccc1N.NCc1cc(Br)ccc1N.Nc1ccc(Br)cc1CNC(=O)c1ccc(Br)cc1.O=C(Cl)c1ccc(Br)cc1. The predicted octanol–water partition coefficient (Wildman–Crippen LogP) is 19.4. The Morgan fingerprint density at radius 2 is 1.00 bits per heavy atom. The summed E-state index contributed by atoms with van der Waals surface area (Å²) < 4.78 is 8.97. The van der Waals surface area contributed by atoms with E-state index in [1.807, 2.05) is 121 Å². The molecule has 9 aromatic carbocycles. The van der Waals surface area contributed by atoms with Crippen molar-refractivity contribution in [1.29, 1.82) is 5.26 Å². The Balaban J connectivity index is 0.000000167. The van der Waals surface area contributed by atoms with Crippen LogP contribution in [0.2, 0.25) is 0 Å². The minimum absolute atomic E-state index is 0.119. The summed E-state index contributed by atoms with van der Waals surface area (Å²) in [5.74, 6) is 1.56. The maximum absolute atomic E-state index is 11.9. The van der Waals surface area contributed by atoms with Gasteiger partial charge in [0.2, 0.25) is 0 Å². The summed E-state index contributed by atoms with van der Waals surface area (Å²) in [6, 6.07) is 60.9. The third-order valence-corrected chi connectivity index (χ3v) is 16.5. The zero-order valence-electron chi connectivity index (χ0n) is 44.3. The zero-order chi connectivity index (χ0) is 61.6. The second kappa shape index (κ2) is 34.7. The van der Waals surface area contributed by atoms with Crippen LogP contribution >= 0.6 is 155 Å². The molecule has 0 fully saturated rings. The normalized spacial score (nSPS) is 10.7. The molecule has 0 radical (unpaired) electrons. The van der Waals surface area contributed by atoms with E-state index in [-0.39, 0.29) is 5.91 Å². The second-order valence-electron chi connectivity index (χ2n) is 17.7. The van der Waals surface area contributed by atoms with Gasteiger partial charge in [0.25, 0.3) is 11.1 Å². The highest BCUT2D eigenvalue weighted by molar-refractivity contribution is 9.12. The lowest BCUT2D eigenvalue weighted by atomic mass is 10.1. The van der Waals surface area contributed by atoms with Crippen LogP contribution in [0.3, 0.4) is 0 Å². The van der Waals surface area contributed by atoms with E-state index < -0.39 is 5.24 Å². The Labute approximate surface area is 573 Å². The number of carbonyl (C=O) groups is 2. The molecule has 11 rings (SSSR count). The molecule has 0 bridgehead atoms. The third kappa shape index (κ3) is 22.6. The number of halogens is 10. The number of rotatable bonds is 7. The molecule has 1 aliphatic heterocycles. The summed E-state index contributed by atoms with van der Waals surface area (Å²) in [5.41, 5.74) is 33.2. The first-order chi connectivity index (χ1) is 40.7. The number of aliphatic imine (C=N–C) groups is 1. The number of aromatic nitrogens is 2. The van der Waals surface area contributed by atoms with Gasteiger partial charge in [-0.1, -0.05) is 168 Å². The van der Waals surface area contributed by atoms with Crippen LogP contribution in [0, 0.1) is 11.3 Å². The van der Waals surface area contributed by atoms with Gasteiger partial charge in [0.05, 0.1) is 17.6 Å². The first-order valence-corrected chi connectivity index (χ1v) is 32.5. The van der Waals surface area contributed by atoms with Gasteiger partial charge in [-0.15, -0.1) is 0 Å². The van der Waals surface area contributed by atoms with Gasteiger partial charge in [0, 0.05) is 110 Å². The Bertz CT molecular complexity index is 3990. The van der Waals surface area contributed by atoms with Crippen molar-refractivity contribution in [3.8, 4) is 17.5 Å². The van der Waals surface area contributed by atoms with Crippen molar-refractivity contribution in [1.82, 2.24) is 15.3 Å². The van der Waals surface area contributed by atoms with Gasteiger partial charge in [0.15, 0.2) is 5.82 Å². The number of fused-ring (bicyclic) bond motifs is 2. The van der Waals surface area contributed by atoms with E-state index in [1.54, 1.807) is 54.6 Å². The maximum Gasteiger partial charge on any atom is 0.252 e. The van der Waals surface area contributed by atoms with E-state index in [1.165, 1.54) is 5.56 Å². The van der Waals surface area contributed by atoms with Crippen LogP contribution in [-0.2, 0) is 19.6 Å². The minimum Gasteiger partial charge on any atom is -0.398 e. The van der Waals surface area contributed by atoms with Gasteiger partial charge in [0.1, 0.15) is 11.9 Å². The molecule has 22 heteroatoms. The highest BCUT2D eigenvalue weighted by atomic mass is 79.9. The second-order valence-corrected chi connectivity index (χ2v) is 26.3. The van der Waals surface area contributed by atoms with Gasteiger partial charge < -0.3 is 33.6 Å². The fourth-order valence-corrected chi connectivity index (χ4v) is 10.4. The molecular weight excluding hydrogens is 1680 g/mol. The van der Waals surface area contributed by atoms with Crippen molar-refractivity contribution < 1.29 is 9.59 Å². The molecule has 10 N–H and O–H groups in total. The molecule has 0 saturated heterocycles. The number of nitrogens with two attached hydrogens (primary N) is 4. The molecule has 12 nitrogen and oxygen atoms in total. The Kier molecular flexibility index (Phi) is 27.9. The number of amides is 1. The monoisotopic (exact) mass is 1720 g/mol. The standard InChI is InChI=1S/C14H12Br2N2O.C14H10Br2N2.C14H8Br2N2.C7H4BrClO.C7H9BrN2.C7H5BrN2/c15-11-3-1-9(2-4-11)14(19)18-8-10-7-12(16)5-6-13(10)17;2*15-11-3-1-9(2-4-11)14-17-8-10-7-12(16)5-6-13(10)18-14;8-6-3-1-5(2-4-6)7(9)10;2*8-6-1-2-7(10)5(3-6)4-9/h1-7H,8,17H2,(H,18,19);1-7H,8H2,(H,17,18);1-8H;1-4H;1-3H,4,9-10H2;1-3H,10H2. The Hall–Kier alpha value is -5.61. The molecular formula is C63H48Br9ClN10O2. The summed E-state index contributed by atoms with van der Waals surface area (Å²) in [7, 11) is 0. The molecule has 0 atom stereocenters. The van der Waals surface area contributed by atoms with E-state index in [9.17, 15) is 9.59 Å². The number of anilines is 4. The number of nitrogens with zero attached hydrogens (tertiary/aromatic N) is 4. The van der Waals surface area contributed by atoms with E-state index in [2.05, 4.69) is 193 Å². The molecule has 0 unspecified atom stereocenters. The molecule has 2 heterocycles. The van der Waals surface area contributed by atoms with E-state index >= 15 is 0 Å². The lowest BCUT2D eigenvalue weighted by molar-refractivity contribution is 0.0950. The molecule has 0 aliphatic carbocycles. The maximum atomic E-state index is 11.9. The minimum atomic E-state index is -0.424. The third-order valence-electron chi connectivity index (χ3n) is 11.7.